The van der Waals surface area contributed by atoms with Crippen LogP contribution in [0.15, 0.2) is 60.8 Å². The fraction of sp³-hybridized carbons (Fsp3) is 0.263. The molecule has 106 valence electrons. The third-order valence-electron chi connectivity index (χ3n) is 4.21. The molecule has 1 N–H and O–H groups in total. The van der Waals surface area contributed by atoms with Crippen LogP contribution in [0.25, 0.3) is 10.9 Å². The summed E-state index contributed by atoms with van der Waals surface area (Å²) in [5.74, 6) is 0. The normalized spacial score (nSPS) is 14.7. The molecule has 0 unspecified atom stereocenters. The van der Waals surface area contributed by atoms with Gasteiger partial charge in [-0.25, -0.2) is 0 Å². The van der Waals surface area contributed by atoms with Crippen molar-refractivity contribution < 1.29 is 0 Å². The molecule has 21 heavy (non-hydrogen) atoms. The number of nitrogens with zero attached hydrogens (tertiary/aromatic N) is 1. The maximum absolute atomic E-state index is 3.59. The van der Waals surface area contributed by atoms with E-state index in [1.807, 2.05) is 0 Å². The zero-order valence-electron chi connectivity index (χ0n) is 12.1. The van der Waals surface area contributed by atoms with Gasteiger partial charge in [0, 0.05) is 30.8 Å². The number of rotatable bonds is 5. The van der Waals surface area contributed by atoms with Gasteiger partial charge in [0.05, 0.1) is 0 Å². The van der Waals surface area contributed by atoms with E-state index in [-0.39, 0.29) is 0 Å². The summed E-state index contributed by atoms with van der Waals surface area (Å²) in [6.45, 7) is 1.92. The van der Waals surface area contributed by atoms with E-state index < -0.39 is 0 Å². The van der Waals surface area contributed by atoms with Gasteiger partial charge in [-0.1, -0.05) is 42.5 Å². The Morgan fingerprint density at radius 3 is 2.62 bits per heavy atom. The van der Waals surface area contributed by atoms with Crippen molar-refractivity contribution in [1.82, 2.24) is 9.88 Å². The summed E-state index contributed by atoms with van der Waals surface area (Å²) in [4.78, 5) is 0. The van der Waals surface area contributed by atoms with Gasteiger partial charge in [0.15, 0.2) is 0 Å². The molecule has 0 saturated heterocycles. The van der Waals surface area contributed by atoms with Gasteiger partial charge in [0.1, 0.15) is 0 Å². The molecule has 2 nitrogen and oxygen atoms in total. The van der Waals surface area contributed by atoms with E-state index >= 15 is 0 Å². The Labute approximate surface area is 125 Å². The third-order valence-corrected chi connectivity index (χ3v) is 4.21. The fourth-order valence-electron chi connectivity index (χ4n) is 2.81. The van der Waals surface area contributed by atoms with Crippen LogP contribution in [0.3, 0.4) is 0 Å². The number of hydrogen-bond acceptors (Lipinski definition) is 1. The Balaban J connectivity index is 1.60. The largest absolute Gasteiger partial charge is 0.343 e. The molecule has 0 aliphatic heterocycles. The fourth-order valence-corrected chi connectivity index (χ4v) is 2.81. The van der Waals surface area contributed by atoms with Gasteiger partial charge in [-0.3, -0.25) is 0 Å². The molecule has 2 aromatic carbocycles. The molecule has 1 fully saturated rings. The summed E-state index contributed by atoms with van der Waals surface area (Å²) < 4.78 is 2.34. The van der Waals surface area contributed by atoms with Crippen molar-refractivity contribution in [3.63, 3.8) is 0 Å². The average molecular weight is 276 g/mol. The molecule has 4 rings (SSSR count). The van der Waals surface area contributed by atoms with E-state index in [1.54, 1.807) is 0 Å². The highest BCUT2D eigenvalue weighted by atomic mass is 15.0. The number of nitrogens with one attached hydrogen (secondary N) is 1. The van der Waals surface area contributed by atoms with E-state index in [0.29, 0.717) is 0 Å². The van der Waals surface area contributed by atoms with E-state index in [9.17, 15) is 0 Å². The molecule has 0 bridgehead atoms. The van der Waals surface area contributed by atoms with Crippen molar-refractivity contribution in [2.75, 3.05) is 0 Å². The lowest BCUT2D eigenvalue weighted by Crippen LogP contribution is -2.15. The first-order valence-corrected chi connectivity index (χ1v) is 7.73. The van der Waals surface area contributed by atoms with Crippen LogP contribution in [-0.4, -0.2) is 10.6 Å². The van der Waals surface area contributed by atoms with Crippen molar-refractivity contribution in [2.45, 2.75) is 32.0 Å². The highest BCUT2D eigenvalue weighted by molar-refractivity contribution is 5.81. The van der Waals surface area contributed by atoms with E-state index in [0.717, 1.165) is 19.1 Å². The third kappa shape index (κ3) is 2.86. The first-order chi connectivity index (χ1) is 10.4. The van der Waals surface area contributed by atoms with Gasteiger partial charge >= 0.3 is 0 Å². The predicted molar refractivity (Wildman–Crippen MR) is 87.3 cm³/mol. The smallest absolute Gasteiger partial charge is 0.0486 e. The molecular weight excluding hydrogens is 256 g/mol. The van der Waals surface area contributed by atoms with Crippen LogP contribution >= 0.6 is 0 Å². The molecule has 0 amide bonds. The lowest BCUT2D eigenvalue weighted by Gasteiger charge is -2.08. The van der Waals surface area contributed by atoms with Crippen LogP contribution in [0.4, 0.5) is 0 Å². The zero-order chi connectivity index (χ0) is 14.1. The molecule has 0 spiro atoms. The standard InChI is InChI=1S/C19H20N2/c1-2-4-15(5-3-1)14-21-11-10-17-7-6-16(12-19(17)21)13-20-18-8-9-18/h1-7,10-12,18,20H,8-9,13-14H2. The lowest BCUT2D eigenvalue weighted by molar-refractivity contribution is 0.688. The monoisotopic (exact) mass is 276 g/mol. The first-order valence-electron chi connectivity index (χ1n) is 7.73. The van der Waals surface area contributed by atoms with Gasteiger partial charge < -0.3 is 9.88 Å². The van der Waals surface area contributed by atoms with Crippen LogP contribution in [0, 0.1) is 0 Å². The minimum absolute atomic E-state index is 0.761. The van der Waals surface area contributed by atoms with Crippen molar-refractivity contribution in [3.8, 4) is 0 Å². The predicted octanol–water partition coefficient (Wildman–Crippen LogP) is 3.94. The summed E-state index contributed by atoms with van der Waals surface area (Å²) in [6.07, 6.45) is 4.87. The Morgan fingerprint density at radius 1 is 0.952 bits per heavy atom. The Morgan fingerprint density at radius 2 is 1.81 bits per heavy atom. The molecule has 3 aromatic rings. The van der Waals surface area contributed by atoms with Gasteiger partial charge in [-0.15, -0.1) is 0 Å². The van der Waals surface area contributed by atoms with Gasteiger partial charge in [-0.05, 0) is 41.5 Å². The SMILES string of the molecule is c1ccc(Cn2ccc3ccc(CNC4CC4)cc32)cc1. The van der Waals surface area contributed by atoms with Crippen LogP contribution < -0.4 is 5.32 Å². The van der Waals surface area contributed by atoms with Crippen molar-refractivity contribution in [3.05, 3.63) is 71.9 Å². The van der Waals surface area contributed by atoms with Gasteiger partial charge in [0.25, 0.3) is 0 Å². The molecule has 1 aromatic heterocycles. The van der Waals surface area contributed by atoms with Crippen LogP contribution in [-0.2, 0) is 13.1 Å². The molecular formula is C19H20N2. The minimum Gasteiger partial charge on any atom is -0.343 e. The minimum atomic E-state index is 0.761. The molecule has 1 aliphatic rings. The van der Waals surface area contributed by atoms with Gasteiger partial charge in [-0.2, -0.15) is 0 Å². The molecule has 0 atom stereocenters. The Bertz CT molecular complexity index is 739. The average Bonchev–Trinajstić information content (AvgIpc) is 3.28. The zero-order valence-corrected chi connectivity index (χ0v) is 12.1. The number of fused-ring (bicyclic) bond motifs is 1. The first kappa shape index (κ1) is 12.7. The Hall–Kier alpha value is -2.06. The number of hydrogen-bond donors (Lipinski definition) is 1. The molecule has 1 heterocycles. The molecule has 1 saturated carbocycles. The van der Waals surface area contributed by atoms with Crippen molar-refractivity contribution in [2.24, 2.45) is 0 Å². The number of aromatic nitrogens is 1. The van der Waals surface area contributed by atoms with E-state index in [1.165, 1.54) is 34.9 Å². The highest BCUT2D eigenvalue weighted by Gasteiger charge is 2.19. The van der Waals surface area contributed by atoms with Crippen LogP contribution in [0.5, 0.6) is 0 Å². The molecule has 1 aliphatic carbocycles. The maximum atomic E-state index is 3.59. The van der Waals surface area contributed by atoms with Crippen molar-refractivity contribution in [1.29, 1.82) is 0 Å². The summed E-state index contributed by atoms with van der Waals surface area (Å²) >= 11 is 0. The van der Waals surface area contributed by atoms with E-state index in [4.69, 9.17) is 0 Å². The van der Waals surface area contributed by atoms with Crippen LogP contribution in [0.2, 0.25) is 0 Å². The van der Waals surface area contributed by atoms with Crippen LogP contribution in [0.1, 0.15) is 24.0 Å². The number of benzene rings is 2. The summed E-state index contributed by atoms with van der Waals surface area (Å²) in [5, 5.41) is 4.91. The Kier molecular flexibility index (Phi) is 3.24. The summed E-state index contributed by atoms with van der Waals surface area (Å²) in [6, 6.07) is 20.4. The lowest BCUT2D eigenvalue weighted by atomic mass is 10.1. The molecule has 0 radical (unpaired) electrons. The van der Waals surface area contributed by atoms with Crippen molar-refractivity contribution >= 4 is 10.9 Å². The second-order valence-corrected chi connectivity index (χ2v) is 5.98. The summed E-state index contributed by atoms with van der Waals surface area (Å²) in [7, 11) is 0. The second kappa shape index (κ2) is 5.38. The van der Waals surface area contributed by atoms with E-state index in [2.05, 4.69) is 70.7 Å². The molecule has 2 heteroatoms. The summed E-state index contributed by atoms with van der Waals surface area (Å²) in [5.41, 5.74) is 4.05. The highest BCUT2D eigenvalue weighted by Crippen LogP contribution is 2.22. The second-order valence-electron chi connectivity index (χ2n) is 5.98. The van der Waals surface area contributed by atoms with Gasteiger partial charge in [0.2, 0.25) is 0 Å². The topological polar surface area (TPSA) is 17.0 Å². The maximum Gasteiger partial charge on any atom is 0.0486 e. The quantitative estimate of drug-likeness (QED) is 0.747.